The van der Waals surface area contributed by atoms with Crippen molar-refractivity contribution in [2.24, 2.45) is 0 Å². The van der Waals surface area contributed by atoms with Crippen LogP contribution in [0.5, 0.6) is 0 Å². The van der Waals surface area contributed by atoms with Gasteiger partial charge in [0.2, 0.25) is 0 Å². The van der Waals surface area contributed by atoms with Crippen LogP contribution in [0, 0.1) is 11.3 Å². The lowest BCUT2D eigenvalue weighted by atomic mass is 10.2. The molecule has 0 spiro atoms. The molecule has 1 aromatic rings. The number of nitrogens with zero attached hydrogens (tertiary/aromatic N) is 2. The molecule has 0 aromatic heterocycles. The van der Waals surface area contributed by atoms with Gasteiger partial charge in [0.25, 0.3) is 0 Å². The summed E-state index contributed by atoms with van der Waals surface area (Å²) in [7, 11) is -2.15. The maximum Gasteiger partial charge on any atom is 0.301 e. The lowest BCUT2D eigenvalue weighted by molar-refractivity contribution is 0.579. The van der Waals surface area contributed by atoms with E-state index in [1.54, 1.807) is 24.3 Å². The average molecular weight is 253 g/mol. The number of anilines is 1. The molecule has 0 bridgehead atoms. The Bertz CT molecular complexity index is 520. The molecule has 17 heavy (non-hydrogen) atoms. The highest BCUT2D eigenvalue weighted by atomic mass is 32.2. The Morgan fingerprint density at radius 2 is 2.06 bits per heavy atom. The van der Waals surface area contributed by atoms with Gasteiger partial charge in [-0.2, -0.15) is 18.4 Å². The number of nitrogens with one attached hydrogen (secondary N) is 1. The Hall–Kier alpha value is -1.58. The van der Waals surface area contributed by atoms with Gasteiger partial charge in [-0.05, 0) is 18.6 Å². The van der Waals surface area contributed by atoms with Crippen LogP contribution >= 0.6 is 0 Å². The fraction of sp³-hybridized carbons (Fsp3) is 0.364. The second kappa shape index (κ2) is 5.66. The van der Waals surface area contributed by atoms with E-state index in [2.05, 4.69) is 4.72 Å². The lowest BCUT2D eigenvalue weighted by Gasteiger charge is -2.20. The number of rotatable bonds is 5. The molecule has 0 heterocycles. The fourth-order valence-electron chi connectivity index (χ4n) is 1.30. The van der Waals surface area contributed by atoms with Crippen LogP contribution in [-0.2, 0) is 10.2 Å². The third-order valence-electron chi connectivity index (χ3n) is 2.26. The highest BCUT2D eigenvalue weighted by molar-refractivity contribution is 7.90. The smallest absolute Gasteiger partial charge is 0.260 e. The molecule has 0 aliphatic rings. The Labute approximate surface area is 102 Å². The number of para-hydroxylation sites is 1. The predicted molar refractivity (Wildman–Crippen MR) is 66.8 cm³/mol. The zero-order chi connectivity index (χ0) is 12.9. The van der Waals surface area contributed by atoms with Crippen molar-refractivity contribution in [1.82, 2.24) is 4.72 Å². The summed E-state index contributed by atoms with van der Waals surface area (Å²) in [6.07, 6.45) is 0.715. The van der Waals surface area contributed by atoms with Gasteiger partial charge in [-0.15, -0.1) is 0 Å². The van der Waals surface area contributed by atoms with Crippen molar-refractivity contribution in [3.05, 3.63) is 29.8 Å². The van der Waals surface area contributed by atoms with Gasteiger partial charge in [0.15, 0.2) is 0 Å². The van der Waals surface area contributed by atoms with Crippen molar-refractivity contribution >= 4 is 15.9 Å². The number of nitriles is 1. The first kappa shape index (κ1) is 13.5. The van der Waals surface area contributed by atoms with Crippen molar-refractivity contribution in [2.45, 2.75) is 13.3 Å². The average Bonchev–Trinajstić information content (AvgIpc) is 2.35. The predicted octanol–water partition coefficient (Wildman–Crippen LogP) is 1.24. The van der Waals surface area contributed by atoms with Crippen LogP contribution in [0.1, 0.15) is 18.9 Å². The van der Waals surface area contributed by atoms with Gasteiger partial charge in [0.05, 0.1) is 11.3 Å². The number of hydrogen-bond donors (Lipinski definition) is 1. The first-order valence-corrected chi connectivity index (χ1v) is 6.69. The summed E-state index contributed by atoms with van der Waals surface area (Å²) < 4.78 is 27.3. The normalized spacial score (nSPS) is 10.9. The minimum absolute atomic E-state index is 0.330. The highest BCUT2D eigenvalue weighted by Gasteiger charge is 2.19. The molecule has 0 amide bonds. The summed E-state index contributed by atoms with van der Waals surface area (Å²) in [5.74, 6) is 0. The molecule has 0 saturated heterocycles. The van der Waals surface area contributed by atoms with Gasteiger partial charge in [0.1, 0.15) is 6.07 Å². The van der Waals surface area contributed by atoms with Gasteiger partial charge < -0.3 is 0 Å². The SMILES string of the molecule is CCCNS(=O)(=O)N(C)c1ccccc1C#N. The van der Waals surface area contributed by atoms with Crippen LogP contribution in [0.4, 0.5) is 5.69 Å². The molecule has 5 nitrogen and oxygen atoms in total. The molecule has 0 aliphatic carbocycles. The third-order valence-corrected chi connectivity index (χ3v) is 3.75. The van der Waals surface area contributed by atoms with E-state index in [1.807, 2.05) is 13.0 Å². The quantitative estimate of drug-likeness (QED) is 0.858. The first-order valence-electron chi connectivity index (χ1n) is 5.25. The Balaban J connectivity index is 3.04. The molecule has 0 atom stereocenters. The van der Waals surface area contributed by atoms with Gasteiger partial charge in [-0.1, -0.05) is 19.1 Å². The maximum absolute atomic E-state index is 11.9. The largest absolute Gasteiger partial charge is 0.301 e. The van der Waals surface area contributed by atoms with Crippen LogP contribution in [-0.4, -0.2) is 22.0 Å². The summed E-state index contributed by atoms with van der Waals surface area (Å²) in [6.45, 7) is 2.26. The molecule has 0 fully saturated rings. The van der Waals surface area contributed by atoms with E-state index in [-0.39, 0.29) is 0 Å². The monoisotopic (exact) mass is 253 g/mol. The van der Waals surface area contributed by atoms with E-state index in [1.165, 1.54) is 7.05 Å². The molecule has 0 unspecified atom stereocenters. The second-order valence-corrected chi connectivity index (χ2v) is 5.28. The third kappa shape index (κ3) is 3.19. The van der Waals surface area contributed by atoms with Crippen molar-refractivity contribution < 1.29 is 8.42 Å². The van der Waals surface area contributed by atoms with E-state index in [0.29, 0.717) is 24.2 Å². The Kier molecular flexibility index (Phi) is 4.49. The van der Waals surface area contributed by atoms with Gasteiger partial charge in [0, 0.05) is 13.6 Å². The number of hydrogen-bond acceptors (Lipinski definition) is 3. The van der Waals surface area contributed by atoms with E-state index in [9.17, 15) is 8.42 Å². The van der Waals surface area contributed by atoms with Crippen molar-refractivity contribution in [3.63, 3.8) is 0 Å². The standard InChI is InChI=1S/C11H15N3O2S/c1-3-8-13-17(15,16)14(2)11-7-5-4-6-10(11)9-12/h4-7,13H,3,8H2,1-2H3. The lowest BCUT2D eigenvalue weighted by Crippen LogP contribution is -2.38. The van der Waals surface area contributed by atoms with E-state index in [0.717, 1.165) is 4.31 Å². The van der Waals surface area contributed by atoms with Crippen molar-refractivity contribution in [2.75, 3.05) is 17.9 Å². The van der Waals surface area contributed by atoms with Gasteiger partial charge in [-0.3, -0.25) is 4.31 Å². The fourth-order valence-corrected chi connectivity index (χ4v) is 2.37. The molecule has 0 aliphatic heterocycles. The minimum Gasteiger partial charge on any atom is -0.260 e. The zero-order valence-electron chi connectivity index (χ0n) is 9.84. The Morgan fingerprint density at radius 1 is 1.41 bits per heavy atom. The molecule has 0 saturated carbocycles. The minimum atomic E-state index is -3.58. The van der Waals surface area contributed by atoms with E-state index >= 15 is 0 Å². The molecule has 6 heteroatoms. The summed E-state index contributed by atoms with van der Waals surface area (Å²) in [6, 6.07) is 8.55. The molecule has 0 radical (unpaired) electrons. The molecule has 92 valence electrons. The Morgan fingerprint density at radius 3 is 2.65 bits per heavy atom. The molecule has 1 rings (SSSR count). The number of benzene rings is 1. The van der Waals surface area contributed by atoms with Gasteiger partial charge >= 0.3 is 10.2 Å². The van der Waals surface area contributed by atoms with Crippen LogP contribution in [0.15, 0.2) is 24.3 Å². The van der Waals surface area contributed by atoms with Crippen molar-refractivity contribution in [1.29, 1.82) is 5.26 Å². The summed E-state index contributed by atoms with van der Waals surface area (Å²) in [4.78, 5) is 0. The topological polar surface area (TPSA) is 73.2 Å². The summed E-state index contributed by atoms with van der Waals surface area (Å²) >= 11 is 0. The maximum atomic E-state index is 11.9. The first-order chi connectivity index (χ1) is 8.03. The molecular formula is C11H15N3O2S. The molecule has 1 N–H and O–H groups in total. The summed E-state index contributed by atoms with van der Waals surface area (Å²) in [5, 5.41) is 8.92. The van der Waals surface area contributed by atoms with Crippen LogP contribution in [0.25, 0.3) is 0 Å². The second-order valence-electron chi connectivity index (χ2n) is 3.50. The van der Waals surface area contributed by atoms with Crippen LogP contribution < -0.4 is 9.03 Å². The van der Waals surface area contributed by atoms with Gasteiger partial charge in [-0.25, -0.2) is 0 Å². The van der Waals surface area contributed by atoms with E-state index in [4.69, 9.17) is 5.26 Å². The van der Waals surface area contributed by atoms with Crippen LogP contribution in [0.3, 0.4) is 0 Å². The molecule has 1 aromatic carbocycles. The zero-order valence-corrected chi connectivity index (χ0v) is 10.7. The van der Waals surface area contributed by atoms with Crippen molar-refractivity contribution in [3.8, 4) is 6.07 Å². The van der Waals surface area contributed by atoms with E-state index < -0.39 is 10.2 Å². The van der Waals surface area contributed by atoms with Crippen LogP contribution in [0.2, 0.25) is 0 Å². The highest BCUT2D eigenvalue weighted by Crippen LogP contribution is 2.19. The summed E-state index contributed by atoms with van der Waals surface area (Å²) in [5.41, 5.74) is 0.704. The molecular weight excluding hydrogens is 238 g/mol.